The Morgan fingerprint density at radius 2 is 1.76 bits per heavy atom. The molecule has 0 aliphatic heterocycles. The summed E-state index contributed by atoms with van der Waals surface area (Å²) in [6.45, 7) is 9.28. The molecule has 6 nitrogen and oxygen atoms in total. The lowest BCUT2D eigenvalue weighted by atomic mass is 10.2. The van der Waals surface area contributed by atoms with Gasteiger partial charge >= 0.3 is 0 Å². The van der Waals surface area contributed by atoms with E-state index in [4.69, 9.17) is 16.3 Å². The Morgan fingerprint density at radius 3 is 2.38 bits per heavy atom. The Morgan fingerprint density at radius 1 is 1.07 bits per heavy atom. The van der Waals surface area contributed by atoms with E-state index < -0.39 is 0 Å². The van der Waals surface area contributed by atoms with Crippen LogP contribution in [0.25, 0.3) is 0 Å². The number of hydrogen-bond donors (Lipinski definition) is 2. The molecule has 0 fully saturated rings. The van der Waals surface area contributed by atoms with Crippen LogP contribution in [0.5, 0.6) is 5.75 Å². The molecule has 0 heterocycles. The minimum Gasteiger partial charge on any atom is -0.483 e. The van der Waals surface area contributed by atoms with E-state index in [9.17, 15) is 9.59 Å². The molecule has 156 valence electrons. The van der Waals surface area contributed by atoms with Crippen molar-refractivity contribution in [2.75, 3.05) is 38.1 Å². The third kappa shape index (κ3) is 7.40. The fourth-order valence-corrected chi connectivity index (χ4v) is 3.02. The maximum atomic E-state index is 12.2. The summed E-state index contributed by atoms with van der Waals surface area (Å²) in [6.07, 6.45) is 0. The van der Waals surface area contributed by atoms with Gasteiger partial charge < -0.3 is 20.3 Å². The summed E-state index contributed by atoms with van der Waals surface area (Å²) < 4.78 is 5.53. The predicted octanol–water partition coefficient (Wildman–Crippen LogP) is 3.74. The molecule has 2 aromatic rings. The number of aryl methyl sites for hydroxylation is 1. The second kappa shape index (κ2) is 11.4. The van der Waals surface area contributed by atoms with Gasteiger partial charge in [0.25, 0.3) is 11.8 Å². The Bertz CT molecular complexity index is 821. The molecule has 2 N–H and O–H groups in total. The highest BCUT2D eigenvalue weighted by Crippen LogP contribution is 2.21. The lowest BCUT2D eigenvalue weighted by molar-refractivity contribution is -0.118. The average molecular weight is 418 g/mol. The molecule has 0 aliphatic rings. The standard InChI is InChI=1S/C22H28ClN3O3/c1-4-26(5-2)13-12-24-22(28)17-6-9-19(10-7-17)25-21(27)15-29-20-11-8-18(23)14-16(20)3/h6-11,14H,4-5,12-13,15H2,1-3H3,(H,24,28)(H,25,27). The van der Waals surface area contributed by atoms with Gasteiger partial charge in [-0.2, -0.15) is 0 Å². The van der Waals surface area contributed by atoms with Crippen LogP contribution in [0.3, 0.4) is 0 Å². The van der Waals surface area contributed by atoms with Crippen LogP contribution in [0.2, 0.25) is 5.02 Å². The van der Waals surface area contributed by atoms with Gasteiger partial charge in [0.2, 0.25) is 0 Å². The largest absolute Gasteiger partial charge is 0.483 e. The number of nitrogens with one attached hydrogen (secondary N) is 2. The summed E-state index contributed by atoms with van der Waals surface area (Å²) in [7, 11) is 0. The van der Waals surface area contributed by atoms with Gasteiger partial charge in [-0.25, -0.2) is 0 Å². The number of ether oxygens (including phenoxy) is 1. The van der Waals surface area contributed by atoms with Crippen molar-refractivity contribution in [2.45, 2.75) is 20.8 Å². The molecule has 0 aromatic heterocycles. The van der Waals surface area contributed by atoms with E-state index in [1.807, 2.05) is 6.92 Å². The van der Waals surface area contributed by atoms with Gasteiger partial charge in [0, 0.05) is 29.4 Å². The Hall–Kier alpha value is -2.57. The zero-order valence-corrected chi connectivity index (χ0v) is 17.9. The molecule has 2 amide bonds. The van der Waals surface area contributed by atoms with Crippen LogP contribution in [0.4, 0.5) is 5.69 Å². The number of anilines is 1. The number of halogens is 1. The summed E-state index contributed by atoms with van der Waals surface area (Å²) in [5.41, 5.74) is 2.02. The zero-order chi connectivity index (χ0) is 21.2. The van der Waals surface area contributed by atoms with Crippen molar-refractivity contribution in [3.05, 3.63) is 58.6 Å². The van der Waals surface area contributed by atoms with Crippen LogP contribution >= 0.6 is 11.6 Å². The monoisotopic (exact) mass is 417 g/mol. The highest BCUT2D eigenvalue weighted by Gasteiger charge is 2.09. The maximum Gasteiger partial charge on any atom is 0.262 e. The van der Waals surface area contributed by atoms with Crippen molar-refractivity contribution >= 4 is 29.1 Å². The van der Waals surface area contributed by atoms with Gasteiger partial charge in [-0.1, -0.05) is 25.4 Å². The van der Waals surface area contributed by atoms with E-state index in [0.717, 1.165) is 25.2 Å². The lowest BCUT2D eigenvalue weighted by Crippen LogP contribution is -2.34. The Balaban J connectivity index is 1.80. The van der Waals surface area contributed by atoms with E-state index in [2.05, 4.69) is 29.4 Å². The fraction of sp³-hybridized carbons (Fsp3) is 0.364. The van der Waals surface area contributed by atoms with Crippen LogP contribution in [-0.2, 0) is 4.79 Å². The maximum absolute atomic E-state index is 12.2. The van der Waals surface area contributed by atoms with E-state index >= 15 is 0 Å². The molecule has 7 heteroatoms. The molecular weight excluding hydrogens is 390 g/mol. The first kappa shape index (κ1) is 22.7. The fourth-order valence-electron chi connectivity index (χ4n) is 2.79. The smallest absolute Gasteiger partial charge is 0.262 e. The summed E-state index contributed by atoms with van der Waals surface area (Å²) in [6, 6.07) is 12.0. The predicted molar refractivity (Wildman–Crippen MR) is 117 cm³/mol. The molecular formula is C22H28ClN3O3. The number of amides is 2. The van der Waals surface area contributed by atoms with Crippen LogP contribution in [-0.4, -0.2) is 49.5 Å². The third-order valence-electron chi connectivity index (χ3n) is 4.53. The SMILES string of the molecule is CCN(CC)CCNC(=O)c1ccc(NC(=O)COc2ccc(Cl)cc2C)cc1. The van der Waals surface area contributed by atoms with E-state index in [-0.39, 0.29) is 18.4 Å². The summed E-state index contributed by atoms with van der Waals surface area (Å²) >= 11 is 5.91. The normalized spacial score (nSPS) is 10.7. The van der Waals surface area contributed by atoms with Gasteiger partial charge in [0.15, 0.2) is 6.61 Å². The van der Waals surface area contributed by atoms with Crippen molar-refractivity contribution < 1.29 is 14.3 Å². The number of hydrogen-bond acceptors (Lipinski definition) is 4. The molecule has 0 saturated carbocycles. The second-order valence-corrected chi connectivity index (χ2v) is 7.04. The molecule has 0 bridgehead atoms. The Kier molecular flexibility index (Phi) is 8.96. The third-order valence-corrected chi connectivity index (χ3v) is 4.77. The molecule has 2 aromatic carbocycles. The van der Waals surface area contributed by atoms with Crippen molar-refractivity contribution in [3.8, 4) is 5.75 Å². The second-order valence-electron chi connectivity index (χ2n) is 6.61. The van der Waals surface area contributed by atoms with Crippen LogP contribution < -0.4 is 15.4 Å². The number of likely N-dealkylation sites (N-methyl/N-ethyl adjacent to an activating group) is 1. The number of carbonyl (C=O) groups is 2. The molecule has 0 radical (unpaired) electrons. The van der Waals surface area contributed by atoms with Crippen molar-refractivity contribution in [3.63, 3.8) is 0 Å². The average Bonchev–Trinajstić information content (AvgIpc) is 2.71. The highest BCUT2D eigenvalue weighted by molar-refractivity contribution is 6.30. The van der Waals surface area contributed by atoms with E-state index in [0.29, 0.717) is 28.6 Å². The summed E-state index contributed by atoms with van der Waals surface area (Å²) in [4.78, 5) is 26.5. The minimum atomic E-state index is -0.282. The van der Waals surface area contributed by atoms with Crippen LogP contribution in [0, 0.1) is 6.92 Å². The number of carbonyl (C=O) groups excluding carboxylic acids is 2. The van der Waals surface area contributed by atoms with Gasteiger partial charge in [-0.05, 0) is 68.0 Å². The molecule has 0 saturated heterocycles. The first-order chi connectivity index (χ1) is 13.9. The topological polar surface area (TPSA) is 70.7 Å². The van der Waals surface area contributed by atoms with E-state index in [1.54, 1.807) is 42.5 Å². The zero-order valence-electron chi connectivity index (χ0n) is 17.1. The molecule has 0 spiro atoms. The van der Waals surface area contributed by atoms with Crippen LogP contribution in [0.15, 0.2) is 42.5 Å². The van der Waals surface area contributed by atoms with Crippen molar-refractivity contribution in [1.82, 2.24) is 10.2 Å². The van der Waals surface area contributed by atoms with Crippen molar-refractivity contribution in [1.29, 1.82) is 0 Å². The number of nitrogens with zero attached hydrogens (tertiary/aromatic N) is 1. The Labute approximate surface area is 177 Å². The molecule has 2 rings (SSSR count). The summed E-state index contributed by atoms with van der Waals surface area (Å²) in [5, 5.41) is 6.28. The first-order valence-corrected chi connectivity index (χ1v) is 10.1. The quantitative estimate of drug-likeness (QED) is 0.617. The minimum absolute atomic E-state index is 0.115. The number of rotatable bonds is 10. The molecule has 0 aliphatic carbocycles. The number of benzene rings is 2. The molecule has 29 heavy (non-hydrogen) atoms. The van der Waals surface area contributed by atoms with Crippen LogP contribution in [0.1, 0.15) is 29.8 Å². The van der Waals surface area contributed by atoms with Gasteiger partial charge in [0.05, 0.1) is 0 Å². The molecule has 0 atom stereocenters. The van der Waals surface area contributed by atoms with Crippen molar-refractivity contribution in [2.24, 2.45) is 0 Å². The van der Waals surface area contributed by atoms with Gasteiger partial charge in [0.1, 0.15) is 5.75 Å². The molecule has 0 unspecified atom stereocenters. The first-order valence-electron chi connectivity index (χ1n) is 9.72. The van der Waals surface area contributed by atoms with Gasteiger partial charge in [-0.3, -0.25) is 9.59 Å². The highest BCUT2D eigenvalue weighted by atomic mass is 35.5. The summed E-state index contributed by atoms with van der Waals surface area (Å²) in [5.74, 6) is 0.202. The van der Waals surface area contributed by atoms with Gasteiger partial charge in [-0.15, -0.1) is 0 Å². The lowest BCUT2D eigenvalue weighted by Gasteiger charge is -2.18. The van der Waals surface area contributed by atoms with E-state index in [1.165, 1.54) is 0 Å².